The summed E-state index contributed by atoms with van der Waals surface area (Å²) in [6.07, 6.45) is 1.60. The van der Waals surface area contributed by atoms with E-state index < -0.39 is 6.09 Å². The molecule has 0 bridgehead atoms. The number of hydrogen-bond acceptors (Lipinski definition) is 4. The SMILES string of the molecule is O=C(O)Nc1cnc(-c2ccc(O)cc2)cn1. The molecule has 2 rings (SSSR count). The number of phenolic OH excluding ortho intramolecular Hbond substituents is 1. The van der Waals surface area contributed by atoms with Gasteiger partial charge in [-0.15, -0.1) is 0 Å². The third kappa shape index (κ3) is 2.69. The minimum atomic E-state index is -1.18. The molecule has 1 aromatic heterocycles. The predicted molar refractivity (Wildman–Crippen MR) is 60.8 cm³/mol. The standard InChI is InChI=1S/C11H9N3O3/c15-8-3-1-7(2-4-8)9-5-13-10(6-12-9)14-11(16)17/h1-6,15H,(H,13,14)(H,16,17). The Bertz CT molecular complexity index is 523. The van der Waals surface area contributed by atoms with E-state index in [0.29, 0.717) is 5.69 Å². The van der Waals surface area contributed by atoms with Crippen molar-refractivity contribution in [1.82, 2.24) is 9.97 Å². The van der Waals surface area contributed by atoms with E-state index in [-0.39, 0.29) is 11.6 Å². The Morgan fingerprint density at radius 1 is 1.12 bits per heavy atom. The van der Waals surface area contributed by atoms with E-state index >= 15 is 0 Å². The van der Waals surface area contributed by atoms with Crippen LogP contribution in [0.2, 0.25) is 0 Å². The number of benzene rings is 1. The maximum atomic E-state index is 10.4. The van der Waals surface area contributed by atoms with Gasteiger partial charge in [-0.25, -0.2) is 9.78 Å². The van der Waals surface area contributed by atoms with Crippen LogP contribution in [0.15, 0.2) is 36.7 Å². The Labute approximate surface area is 96.6 Å². The quantitative estimate of drug-likeness (QED) is 0.734. The van der Waals surface area contributed by atoms with E-state index in [4.69, 9.17) is 10.2 Å². The molecule has 0 aliphatic heterocycles. The predicted octanol–water partition coefficient (Wildman–Crippen LogP) is 1.94. The number of phenols is 1. The van der Waals surface area contributed by atoms with E-state index in [1.165, 1.54) is 12.4 Å². The van der Waals surface area contributed by atoms with E-state index in [9.17, 15) is 4.79 Å². The first kappa shape index (κ1) is 10.9. The van der Waals surface area contributed by atoms with E-state index in [2.05, 4.69) is 15.3 Å². The van der Waals surface area contributed by atoms with Crippen LogP contribution >= 0.6 is 0 Å². The van der Waals surface area contributed by atoms with Crippen LogP contribution in [0.4, 0.5) is 10.6 Å². The second-order valence-electron chi connectivity index (χ2n) is 3.26. The maximum absolute atomic E-state index is 10.4. The molecule has 1 heterocycles. The molecule has 0 fully saturated rings. The molecule has 0 saturated carbocycles. The van der Waals surface area contributed by atoms with Gasteiger partial charge in [-0.3, -0.25) is 10.3 Å². The van der Waals surface area contributed by atoms with Gasteiger partial charge in [-0.1, -0.05) is 0 Å². The van der Waals surface area contributed by atoms with Gasteiger partial charge in [-0.2, -0.15) is 0 Å². The number of anilines is 1. The largest absolute Gasteiger partial charge is 0.508 e. The lowest BCUT2D eigenvalue weighted by Crippen LogP contribution is -2.08. The van der Waals surface area contributed by atoms with Crippen molar-refractivity contribution in [2.75, 3.05) is 5.32 Å². The van der Waals surface area contributed by atoms with Crippen molar-refractivity contribution < 1.29 is 15.0 Å². The highest BCUT2D eigenvalue weighted by molar-refractivity contribution is 5.81. The zero-order valence-electron chi connectivity index (χ0n) is 8.66. The monoisotopic (exact) mass is 231 g/mol. The summed E-state index contributed by atoms with van der Waals surface area (Å²) in [5.41, 5.74) is 1.39. The number of carbonyl (C=O) groups is 1. The lowest BCUT2D eigenvalue weighted by molar-refractivity contribution is 0.209. The summed E-state index contributed by atoms with van der Waals surface area (Å²) < 4.78 is 0. The fourth-order valence-corrected chi connectivity index (χ4v) is 1.28. The highest BCUT2D eigenvalue weighted by atomic mass is 16.4. The van der Waals surface area contributed by atoms with Gasteiger partial charge in [-0.05, 0) is 24.3 Å². The summed E-state index contributed by atoms with van der Waals surface area (Å²) in [4.78, 5) is 18.3. The summed E-state index contributed by atoms with van der Waals surface area (Å²) in [7, 11) is 0. The molecule has 1 amide bonds. The molecule has 6 nitrogen and oxygen atoms in total. The van der Waals surface area contributed by atoms with Gasteiger partial charge in [0.1, 0.15) is 5.75 Å². The van der Waals surface area contributed by atoms with Gasteiger partial charge >= 0.3 is 6.09 Å². The number of aromatic hydroxyl groups is 1. The summed E-state index contributed by atoms with van der Waals surface area (Å²) in [5, 5.41) is 19.7. The van der Waals surface area contributed by atoms with Crippen molar-refractivity contribution >= 4 is 11.9 Å². The molecule has 17 heavy (non-hydrogen) atoms. The minimum Gasteiger partial charge on any atom is -0.508 e. The van der Waals surface area contributed by atoms with Gasteiger partial charge in [0.15, 0.2) is 5.82 Å². The van der Waals surface area contributed by atoms with Crippen LogP contribution in [0, 0.1) is 0 Å². The number of carboxylic acid groups (broad SMARTS) is 1. The Morgan fingerprint density at radius 2 is 1.82 bits per heavy atom. The Morgan fingerprint density at radius 3 is 2.35 bits per heavy atom. The zero-order valence-corrected chi connectivity index (χ0v) is 8.66. The van der Waals surface area contributed by atoms with Crippen LogP contribution in [-0.4, -0.2) is 26.3 Å². The van der Waals surface area contributed by atoms with Crippen LogP contribution in [-0.2, 0) is 0 Å². The fraction of sp³-hybridized carbons (Fsp3) is 0. The molecule has 86 valence electrons. The molecule has 0 radical (unpaired) electrons. The van der Waals surface area contributed by atoms with Crippen molar-refractivity contribution in [1.29, 1.82) is 0 Å². The van der Waals surface area contributed by atoms with Gasteiger partial charge < -0.3 is 10.2 Å². The lowest BCUT2D eigenvalue weighted by atomic mass is 10.1. The molecule has 1 aromatic carbocycles. The number of nitrogens with zero attached hydrogens (tertiary/aromatic N) is 2. The normalized spacial score (nSPS) is 9.88. The third-order valence-corrected chi connectivity index (χ3v) is 2.05. The molecular formula is C11H9N3O3. The Hall–Kier alpha value is -2.63. The van der Waals surface area contributed by atoms with E-state index in [0.717, 1.165) is 5.56 Å². The van der Waals surface area contributed by atoms with Crippen LogP contribution in [0.25, 0.3) is 11.3 Å². The minimum absolute atomic E-state index is 0.167. The summed E-state index contributed by atoms with van der Waals surface area (Å²) in [6, 6.07) is 6.48. The first-order valence-corrected chi connectivity index (χ1v) is 4.76. The van der Waals surface area contributed by atoms with Crippen molar-refractivity contribution in [2.45, 2.75) is 0 Å². The van der Waals surface area contributed by atoms with Gasteiger partial charge in [0, 0.05) is 5.56 Å². The zero-order chi connectivity index (χ0) is 12.3. The number of aromatic nitrogens is 2. The molecule has 2 aromatic rings. The molecular weight excluding hydrogens is 222 g/mol. The van der Waals surface area contributed by atoms with Crippen LogP contribution in [0.5, 0.6) is 5.75 Å². The van der Waals surface area contributed by atoms with E-state index in [1.54, 1.807) is 24.3 Å². The highest BCUT2D eigenvalue weighted by Gasteiger charge is 2.02. The Kier molecular flexibility index (Phi) is 2.87. The molecule has 6 heteroatoms. The Balaban J connectivity index is 2.23. The second kappa shape index (κ2) is 4.48. The maximum Gasteiger partial charge on any atom is 0.410 e. The van der Waals surface area contributed by atoms with Crippen LogP contribution in [0.1, 0.15) is 0 Å². The van der Waals surface area contributed by atoms with Gasteiger partial charge in [0.05, 0.1) is 18.1 Å². The number of nitrogens with one attached hydrogen (secondary N) is 1. The third-order valence-electron chi connectivity index (χ3n) is 2.05. The van der Waals surface area contributed by atoms with Crippen molar-refractivity contribution in [2.24, 2.45) is 0 Å². The average Bonchev–Trinajstić information content (AvgIpc) is 2.30. The molecule has 0 atom stereocenters. The average molecular weight is 231 g/mol. The second-order valence-corrected chi connectivity index (χ2v) is 3.26. The smallest absolute Gasteiger partial charge is 0.410 e. The van der Waals surface area contributed by atoms with Crippen molar-refractivity contribution in [3.8, 4) is 17.0 Å². The summed E-state index contributed by atoms with van der Waals surface area (Å²) >= 11 is 0. The van der Waals surface area contributed by atoms with Gasteiger partial charge in [0.25, 0.3) is 0 Å². The molecule has 3 N–H and O–H groups in total. The molecule has 0 unspecified atom stereocenters. The molecule has 0 spiro atoms. The summed E-state index contributed by atoms with van der Waals surface area (Å²) in [6.45, 7) is 0. The fourth-order valence-electron chi connectivity index (χ4n) is 1.28. The molecule has 0 saturated heterocycles. The van der Waals surface area contributed by atoms with Crippen LogP contribution < -0.4 is 5.32 Å². The van der Waals surface area contributed by atoms with Crippen molar-refractivity contribution in [3.05, 3.63) is 36.7 Å². The van der Waals surface area contributed by atoms with Crippen LogP contribution in [0.3, 0.4) is 0 Å². The lowest BCUT2D eigenvalue weighted by Gasteiger charge is -2.02. The topological polar surface area (TPSA) is 95.3 Å². The number of amides is 1. The molecule has 0 aliphatic rings. The number of hydrogen-bond donors (Lipinski definition) is 3. The van der Waals surface area contributed by atoms with Crippen molar-refractivity contribution in [3.63, 3.8) is 0 Å². The number of rotatable bonds is 2. The highest BCUT2D eigenvalue weighted by Crippen LogP contribution is 2.19. The van der Waals surface area contributed by atoms with E-state index in [1.807, 2.05) is 0 Å². The molecule has 0 aliphatic carbocycles. The summed E-state index contributed by atoms with van der Waals surface area (Å²) in [5.74, 6) is 0.339. The first-order valence-electron chi connectivity index (χ1n) is 4.76. The first-order chi connectivity index (χ1) is 8.15. The van der Waals surface area contributed by atoms with Gasteiger partial charge in [0.2, 0.25) is 0 Å².